The van der Waals surface area contributed by atoms with Crippen molar-refractivity contribution in [2.24, 2.45) is 0 Å². The Morgan fingerprint density at radius 3 is 2.65 bits per heavy atom. The fraction of sp³-hybridized carbons (Fsp3) is 0.562. The SMILES string of the molecule is Cc1ccc(N(CCNC(=O)C2CCCO2)S(C)(=O)=O)cc1C. The number of rotatable bonds is 6. The van der Waals surface area contributed by atoms with E-state index in [9.17, 15) is 13.2 Å². The number of amides is 1. The van der Waals surface area contributed by atoms with Crippen molar-refractivity contribution in [3.8, 4) is 0 Å². The molecule has 1 atom stereocenters. The molecule has 1 fully saturated rings. The van der Waals surface area contributed by atoms with Crippen LogP contribution in [-0.2, 0) is 19.6 Å². The van der Waals surface area contributed by atoms with Crippen molar-refractivity contribution in [1.82, 2.24) is 5.32 Å². The number of carbonyl (C=O) groups excluding carboxylic acids is 1. The third kappa shape index (κ3) is 4.68. The molecule has 1 amide bonds. The van der Waals surface area contributed by atoms with E-state index in [-0.39, 0.29) is 19.0 Å². The van der Waals surface area contributed by atoms with Gasteiger partial charge in [-0.2, -0.15) is 0 Å². The van der Waals surface area contributed by atoms with Crippen LogP contribution in [-0.4, -0.2) is 46.4 Å². The first kappa shape index (κ1) is 17.7. The molecule has 0 aromatic heterocycles. The number of ether oxygens (including phenoxy) is 1. The van der Waals surface area contributed by atoms with Crippen LogP contribution in [0.25, 0.3) is 0 Å². The van der Waals surface area contributed by atoms with Gasteiger partial charge in [0.05, 0.1) is 18.5 Å². The van der Waals surface area contributed by atoms with Crippen molar-refractivity contribution in [2.45, 2.75) is 32.8 Å². The number of aryl methyl sites for hydroxylation is 2. The van der Waals surface area contributed by atoms with Crippen molar-refractivity contribution in [3.63, 3.8) is 0 Å². The highest BCUT2D eigenvalue weighted by Crippen LogP contribution is 2.21. The Hall–Kier alpha value is -1.60. The topological polar surface area (TPSA) is 75.7 Å². The zero-order valence-electron chi connectivity index (χ0n) is 13.8. The summed E-state index contributed by atoms with van der Waals surface area (Å²) in [6.45, 7) is 4.97. The fourth-order valence-electron chi connectivity index (χ4n) is 2.55. The lowest BCUT2D eigenvalue weighted by molar-refractivity contribution is -0.129. The molecule has 0 saturated carbocycles. The number of benzene rings is 1. The lowest BCUT2D eigenvalue weighted by Gasteiger charge is -2.23. The molecule has 2 rings (SSSR count). The Labute approximate surface area is 137 Å². The predicted molar refractivity (Wildman–Crippen MR) is 90.1 cm³/mol. The minimum Gasteiger partial charge on any atom is -0.368 e. The second-order valence-corrected chi connectivity index (χ2v) is 7.80. The van der Waals surface area contributed by atoms with E-state index in [1.54, 1.807) is 6.07 Å². The first-order valence-electron chi connectivity index (χ1n) is 7.73. The summed E-state index contributed by atoms with van der Waals surface area (Å²) in [5.74, 6) is -0.170. The highest BCUT2D eigenvalue weighted by atomic mass is 32.2. The Morgan fingerprint density at radius 1 is 1.35 bits per heavy atom. The molecule has 1 unspecified atom stereocenters. The van der Waals surface area contributed by atoms with Gasteiger partial charge in [0.25, 0.3) is 0 Å². The van der Waals surface area contributed by atoms with Gasteiger partial charge in [-0.3, -0.25) is 9.10 Å². The summed E-state index contributed by atoms with van der Waals surface area (Å²) >= 11 is 0. The Bertz CT molecular complexity index is 667. The van der Waals surface area contributed by atoms with E-state index in [0.717, 1.165) is 24.0 Å². The van der Waals surface area contributed by atoms with Gasteiger partial charge in [0.1, 0.15) is 6.10 Å². The molecule has 1 N–H and O–H groups in total. The van der Waals surface area contributed by atoms with Crippen molar-refractivity contribution in [1.29, 1.82) is 0 Å². The molecule has 1 heterocycles. The summed E-state index contributed by atoms with van der Waals surface area (Å²) in [4.78, 5) is 11.9. The molecule has 1 aliphatic rings. The summed E-state index contributed by atoms with van der Waals surface area (Å²) in [7, 11) is -3.41. The maximum absolute atomic E-state index is 12.0. The normalized spacial score (nSPS) is 18.0. The standard InChI is InChI=1S/C16H24N2O4S/c1-12-6-7-14(11-13(12)2)18(23(3,20)21)9-8-17-16(19)15-5-4-10-22-15/h6-7,11,15H,4-5,8-10H2,1-3H3,(H,17,19). The molecule has 1 aromatic rings. The van der Waals surface area contributed by atoms with Crippen LogP contribution in [0, 0.1) is 13.8 Å². The summed E-state index contributed by atoms with van der Waals surface area (Å²) in [6, 6.07) is 5.53. The van der Waals surface area contributed by atoms with Crippen molar-refractivity contribution < 1.29 is 17.9 Å². The first-order valence-corrected chi connectivity index (χ1v) is 9.58. The maximum Gasteiger partial charge on any atom is 0.249 e. The van der Waals surface area contributed by atoms with Crippen LogP contribution in [0.2, 0.25) is 0 Å². The minimum absolute atomic E-state index is 0.170. The van der Waals surface area contributed by atoms with Gasteiger partial charge in [-0.15, -0.1) is 0 Å². The Morgan fingerprint density at radius 2 is 2.09 bits per heavy atom. The van der Waals surface area contributed by atoms with E-state index in [2.05, 4.69) is 5.32 Å². The first-order chi connectivity index (χ1) is 10.8. The summed E-state index contributed by atoms with van der Waals surface area (Å²) in [6.07, 6.45) is 2.38. The molecule has 1 saturated heterocycles. The third-order valence-corrected chi connectivity index (χ3v) is 5.21. The van der Waals surface area contributed by atoms with E-state index in [1.165, 1.54) is 10.6 Å². The van der Waals surface area contributed by atoms with Gasteiger partial charge in [-0.05, 0) is 49.9 Å². The highest BCUT2D eigenvalue weighted by Gasteiger charge is 2.24. The van der Waals surface area contributed by atoms with Crippen molar-refractivity contribution in [3.05, 3.63) is 29.3 Å². The number of hydrogen-bond acceptors (Lipinski definition) is 4. The molecule has 1 aliphatic heterocycles. The quantitative estimate of drug-likeness (QED) is 0.848. The third-order valence-electron chi connectivity index (χ3n) is 4.02. The molecule has 1 aromatic carbocycles. The van der Waals surface area contributed by atoms with E-state index < -0.39 is 16.1 Å². The van der Waals surface area contributed by atoms with E-state index in [4.69, 9.17) is 4.74 Å². The molecular formula is C16H24N2O4S. The van der Waals surface area contributed by atoms with Gasteiger partial charge in [0.2, 0.25) is 15.9 Å². The fourth-order valence-corrected chi connectivity index (χ4v) is 3.47. The van der Waals surface area contributed by atoms with Gasteiger partial charge in [-0.1, -0.05) is 6.07 Å². The van der Waals surface area contributed by atoms with Crippen LogP contribution in [0.5, 0.6) is 0 Å². The smallest absolute Gasteiger partial charge is 0.249 e. The van der Waals surface area contributed by atoms with Gasteiger partial charge < -0.3 is 10.1 Å². The molecule has 0 bridgehead atoms. The second-order valence-electron chi connectivity index (χ2n) is 5.90. The molecule has 128 valence electrons. The zero-order chi connectivity index (χ0) is 17.0. The van der Waals surface area contributed by atoms with Gasteiger partial charge in [0, 0.05) is 13.2 Å². The number of carbonyl (C=O) groups is 1. The van der Waals surface area contributed by atoms with Gasteiger partial charge in [-0.25, -0.2) is 8.42 Å². The van der Waals surface area contributed by atoms with E-state index >= 15 is 0 Å². The number of hydrogen-bond donors (Lipinski definition) is 1. The predicted octanol–water partition coefficient (Wildman–Crippen LogP) is 1.36. The van der Waals surface area contributed by atoms with E-state index in [1.807, 2.05) is 26.0 Å². The largest absolute Gasteiger partial charge is 0.368 e. The van der Waals surface area contributed by atoms with Crippen molar-refractivity contribution in [2.75, 3.05) is 30.3 Å². The molecule has 7 heteroatoms. The van der Waals surface area contributed by atoms with Crippen LogP contribution in [0.15, 0.2) is 18.2 Å². The van der Waals surface area contributed by atoms with Crippen LogP contribution in [0.3, 0.4) is 0 Å². The summed E-state index contributed by atoms with van der Waals surface area (Å²) < 4.78 is 30.7. The minimum atomic E-state index is -3.41. The number of nitrogens with one attached hydrogen (secondary N) is 1. The molecule has 0 spiro atoms. The monoisotopic (exact) mass is 340 g/mol. The average Bonchev–Trinajstić information content (AvgIpc) is 2.99. The number of sulfonamides is 1. The number of nitrogens with zero attached hydrogens (tertiary/aromatic N) is 1. The van der Waals surface area contributed by atoms with Crippen LogP contribution < -0.4 is 9.62 Å². The van der Waals surface area contributed by atoms with Crippen LogP contribution >= 0.6 is 0 Å². The molecule has 6 nitrogen and oxygen atoms in total. The van der Waals surface area contributed by atoms with Gasteiger partial charge in [0.15, 0.2) is 0 Å². The summed E-state index contributed by atoms with van der Waals surface area (Å²) in [5.41, 5.74) is 2.75. The number of anilines is 1. The molecule has 0 aliphatic carbocycles. The molecule has 23 heavy (non-hydrogen) atoms. The van der Waals surface area contributed by atoms with Gasteiger partial charge >= 0.3 is 0 Å². The highest BCUT2D eigenvalue weighted by molar-refractivity contribution is 7.92. The zero-order valence-corrected chi connectivity index (χ0v) is 14.6. The Balaban J connectivity index is 2.02. The Kier molecular flexibility index (Phi) is 5.64. The van der Waals surface area contributed by atoms with Crippen LogP contribution in [0.4, 0.5) is 5.69 Å². The van der Waals surface area contributed by atoms with E-state index in [0.29, 0.717) is 12.3 Å². The lowest BCUT2D eigenvalue weighted by Crippen LogP contribution is -2.41. The maximum atomic E-state index is 12.0. The lowest BCUT2D eigenvalue weighted by atomic mass is 10.1. The molecular weight excluding hydrogens is 316 g/mol. The second kappa shape index (κ2) is 7.31. The summed E-state index contributed by atoms with van der Waals surface area (Å²) in [5, 5.41) is 2.75. The van der Waals surface area contributed by atoms with Crippen molar-refractivity contribution >= 4 is 21.6 Å². The van der Waals surface area contributed by atoms with Crippen LogP contribution in [0.1, 0.15) is 24.0 Å². The average molecular weight is 340 g/mol. The molecule has 0 radical (unpaired) electrons.